The second-order valence-electron chi connectivity index (χ2n) is 5.34. The predicted molar refractivity (Wildman–Crippen MR) is 104 cm³/mol. The van der Waals surface area contributed by atoms with Crippen molar-refractivity contribution in [2.24, 2.45) is 0 Å². The lowest BCUT2D eigenvalue weighted by molar-refractivity contribution is 0.103. The van der Waals surface area contributed by atoms with E-state index < -0.39 is 0 Å². The fourth-order valence-corrected chi connectivity index (χ4v) is 4.37. The van der Waals surface area contributed by atoms with Gasteiger partial charge in [0, 0.05) is 11.8 Å². The topological polar surface area (TPSA) is 51.2 Å². The van der Waals surface area contributed by atoms with Crippen molar-refractivity contribution in [3.05, 3.63) is 65.5 Å². The number of carbonyl (C=O) groups is 1. The normalized spacial score (nSPS) is 10.8. The number of thiazole rings is 1. The van der Waals surface area contributed by atoms with Gasteiger partial charge in [-0.2, -0.15) is 0 Å². The fourth-order valence-electron chi connectivity index (χ4n) is 2.45. The van der Waals surface area contributed by atoms with E-state index in [9.17, 15) is 4.79 Å². The van der Waals surface area contributed by atoms with Crippen molar-refractivity contribution < 1.29 is 9.53 Å². The highest BCUT2D eigenvalue weighted by Gasteiger charge is 2.13. The summed E-state index contributed by atoms with van der Waals surface area (Å²) < 4.78 is 6.32. The summed E-state index contributed by atoms with van der Waals surface area (Å²) in [7, 11) is 1.60. The Hall–Kier alpha value is -2.70. The van der Waals surface area contributed by atoms with E-state index in [-0.39, 0.29) is 5.91 Å². The first-order chi connectivity index (χ1) is 12.2. The molecular formula is C19H14N2O2S2. The number of benzene rings is 2. The Kier molecular flexibility index (Phi) is 4.21. The summed E-state index contributed by atoms with van der Waals surface area (Å²) in [6, 6.07) is 19.1. The van der Waals surface area contributed by atoms with Crippen LogP contribution in [0.1, 0.15) is 9.67 Å². The average molecular weight is 366 g/mol. The van der Waals surface area contributed by atoms with Gasteiger partial charge < -0.3 is 10.1 Å². The first-order valence-electron chi connectivity index (χ1n) is 7.64. The number of carbonyl (C=O) groups excluding carboxylic acids is 1. The lowest BCUT2D eigenvalue weighted by Crippen LogP contribution is -2.09. The van der Waals surface area contributed by atoms with Crippen molar-refractivity contribution >= 4 is 44.5 Å². The molecule has 2 aromatic heterocycles. The predicted octanol–water partition coefficient (Wildman–Crippen LogP) is 5.29. The number of methoxy groups -OCH3 is 1. The highest BCUT2D eigenvalue weighted by Crippen LogP contribution is 2.34. The number of thiophene rings is 1. The molecule has 2 heterocycles. The number of hydrogen-bond acceptors (Lipinski definition) is 5. The molecule has 1 amide bonds. The number of para-hydroxylation sites is 1. The maximum absolute atomic E-state index is 12.5. The highest BCUT2D eigenvalue weighted by molar-refractivity contribution is 7.26. The SMILES string of the molecule is COc1cccc(NC(=O)c2ccc(-c3nc4ccccc4s3)s2)c1. The van der Waals surface area contributed by atoms with Crippen LogP contribution in [0.2, 0.25) is 0 Å². The molecule has 0 saturated carbocycles. The van der Waals surface area contributed by atoms with E-state index in [4.69, 9.17) is 4.74 Å². The Morgan fingerprint density at radius 3 is 2.76 bits per heavy atom. The standard InChI is InChI=1S/C19H14N2O2S2/c1-23-13-6-4-5-12(11-13)20-18(22)16-9-10-17(24-16)19-21-14-7-2-3-8-15(14)25-19/h2-11H,1H3,(H,20,22). The Balaban J connectivity index is 1.56. The molecule has 0 radical (unpaired) electrons. The number of anilines is 1. The van der Waals surface area contributed by atoms with Gasteiger partial charge in [-0.25, -0.2) is 4.98 Å². The summed E-state index contributed by atoms with van der Waals surface area (Å²) >= 11 is 3.08. The first kappa shape index (κ1) is 15.8. The maximum Gasteiger partial charge on any atom is 0.265 e. The number of nitrogens with zero attached hydrogens (tertiary/aromatic N) is 1. The quantitative estimate of drug-likeness (QED) is 0.534. The molecule has 0 fully saturated rings. The molecule has 0 bridgehead atoms. The monoisotopic (exact) mass is 366 g/mol. The molecule has 0 unspecified atom stereocenters. The Labute approximate surface area is 152 Å². The van der Waals surface area contributed by atoms with Gasteiger partial charge in [0.2, 0.25) is 0 Å². The van der Waals surface area contributed by atoms with Crippen LogP contribution in [0, 0.1) is 0 Å². The van der Waals surface area contributed by atoms with E-state index in [1.807, 2.05) is 48.5 Å². The van der Waals surface area contributed by atoms with Crippen LogP contribution >= 0.6 is 22.7 Å². The largest absolute Gasteiger partial charge is 0.497 e. The summed E-state index contributed by atoms with van der Waals surface area (Å²) in [5.41, 5.74) is 1.69. The summed E-state index contributed by atoms with van der Waals surface area (Å²) in [6.07, 6.45) is 0. The van der Waals surface area contributed by atoms with Crippen molar-refractivity contribution in [1.29, 1.82) is 0 Å². The van der Waals surface area contributed by atoms with Gasteiger partial charge in [0.15, 0.2) is 0 Å². The molecule has 0 aliphatic carbocycles. The van der Waals surface area contributed by atoms with Gasteiger partial charge >= 0.3 is 0 Å². The van der Waals surface area contributed by atoms with E-state index in [2.05, 4.69) is 16.4 Å². The van der Waals surface area contributed by atoms with E-state index in [0.29, 0.717) is 16.3 Å². The minimum Gasteiger partial charge on any atom is -0.497 e. The van der Waals surface area contributed by atoms with Crippen molar-refractivity contribution in [2.75, 3.05) is 12.4 Å². The molecule has 0 spiro atoms. The molecule has 0 saturated heterocycles. The zero-order chi connectivity index (χ0) is 17.2. The van der Waals surface area contributed by atoms with Crippen LogP contribution < -0.4 is 10.1 Å². The van der Waals surface area contributed by atoms with Crippen molar-refractivity contribution in [2.45, 2.75) is 0 Å². The molecule has 6 heteroatoms. The van der Waals surface area contributed by atoms with Gasteiger partial charge in [0.05, 0.1) is 27.1 Å². The average Bonchev–Trinajstić information content (AvgIpc) is 3.28. The van der Waals surface area contributed by atoms with Crippen molar-refractivity contribution in [1.82, 2.24) is 4.98 Å². The number of rotatable bonds is 4. The van der Waals surface area contributed by atoms with Crippen LogP contribution in [0.4, 0.5) is 5.69 Å². The third-order valence-electron chi connectivity index (χ3n) is 3.66. The Morgan fingerprint density at radius 1 is 1.04 bits per heavy atom. The van der Waals surface area contributed by atoms with Gasteiger partial charge in [-0.05, 0) is 36.4 Å². The van der Waals surface area contributed by atoms with Crippen molar-refractivity contribution in [3.8, 4) is 15.6 Å². The number of ether oxygens (including phenoxy) is 1. The third-order valence-corrected chi connectivity index (χ3v) is 5.95. The van der Waals surface area contributed by atoms with Crippen LogP contribution in [-0.4, -0.2) is 18.0 Å². The zero-order valence-corrected chi connectivity index (χ0v) is 15.0. The van der Waals surface area contributed by atoms with Gasteiger partial charge in [-0.15, -0.1) is 22.7 Å². The van der Waals surface area contributed by atoms with Crippen LogP contribution in [0.15, 0.2) is 60.7 Å². The maximum atomic E-state index is 12.5. The zero-order valence-electron chi connectivity index (χ0n) is 13.4. The Bertz CT molecular complexity index is 1020. The molecule has 1 N–H and O–H groups in total. The van der Waals surface area contributed by atoms with E-state index in [1.165, 1.54) is 11.3 Å². The smallest absolute Gasteiger partial charge is 0.265 e. The third kappa shape index (κ3) is 3.26. The Morgan fingerprint density at radius 2 is 1.92 bits per heavy atom. The van der Waals surface area contributed by atoms with E-state index in [0.717, 1.165) is 20.1 Å². The first-order valence-corrected chi connectivity index (χ1v) is 9.27. The minimum atomic E-state index is -0.134. The molecule has 124 valence electrons. The summed E-state index contributed by atoms with van der Waals surface area (Å²) in [5, 5.41) is 3.84. The van der Waals surface area contributed by atoms with Gasteiger partial charge in [0.25, 0.3) is 5.91 Å². The molecule has 0 aliphatic rings. The molecule has 4 rings (SSSR count). The number of hydrogen-bond donors (Lipinski definition) is 1. The summed E-state index contributed by atoms with van der Waals surface area (Å²) in [6.45, 7) is 0. The van der Waals surface area contributed by atoms with Crippen LogP contribution in [0.3, 0.4) is 0 Å². The number of fused-ring (bicyclic) bond motifs is 1. The molecular weight excluding hydrogens is 352 g/mol. The number of amides is 1. The molecule has 25 heavy (non-hydrogen) atoms. The lowest BCUT2D eigenvalue weighted by Gasteiger charge is -2.05. The second kappa shape index (κ2) is 6.66. The minimum absolute atomic E-state index is 0.134. The lowest BCUT2D eigenvalue weighted by atomic mass is 10.3. The van der Waals surface area contributed by atoms with Gasteiger partial charge in [0.1, 0.15) is 10.8 Å². The van der Waals surface area contributed by atoms with E-state index >= 15 is 0 Å². The van der Waals surface area contributed by atoms with Crippen LogP contribution in [0.5, 0.6) is 5.75 Å². The second-order valence-corrected chi connectivity index (χ2v) is 7.45. The summed E-state index contributed by atoms with van der Waals surface area (Å²) in [4.78, 5) is 18.8. The highest BCUT2D eigenvalue weighted by atomic mass is 32.1. The molecule has 4 nitrogen and oxygen atoms in total. The van der Waals surface area contributed by atoms with Gasteiger partial charge in [-0.3, -0.25) is 4.79 Å². The number of aromatic nitrogens is 1. The summed E-state index contributed by atoms with van der Waals surface area (Å²) in [5.74, 6) is 0.574. The molecule has 0 aliphatic heterocycles. The number of nitrogens with one attached hydrogen (secondary N) is 1. The van der Waals surface area contributed by atoms with E-state index in [1.54, 1.807) is 24.5 Å². The van der Waals surface area contributed by atoms with Crippen LogP contribution in [-0.2, 0) is 0 Å². The fraction of sp³-hybridized carbons (Fsp3) is 0.0526. The van der Waals surface area contributed by atoms with Crippen molar-refractivity contribution in [3.63, 3.8) is 0 Å². The molecule has 2 aromatic carbocycles. The molecule has 4 aromatic rings. The van der Waals surface area contributed by atoms with Gasteiger partial charge in [-0.1, -0.05) is 18.2 Å². The van der Waals surface area contributed by atoms with Crippen LogP contribution in [0.25, 0.3) is 20.1 Å². The molecule has 0 atom stereocenters.